The van der Waals surface area contributed by atoms with Gasteiger partial charge in [0.15, 0.2) is 0 Å². The molecule has 0 saturated heterocycles. The maximum absolute atomic E-state index is 12.4. The molecule has 3 N–H and O–H groups in total. The summed E-state index contributed by atoms with van der Waals surface area (Å²) in [5.74, 6) is -1.66. The molecular weight excluding hydrogens is 458 g/mol. The molecule has 188 valence electrons. The van der Waals surface area contributed by atoms with Crippen LogP contribution in [0, 0.1) is 5.92 Å². The minimum atomic E-state index is -0.971. The average Bonchev–Trinajstić information content (AvgIpc) is 2.89. The second-order valence-electron chi connectivity index (χ2n) is 8.59. The Balaban J connectivity index is 1.44. The first-order valence-electron chi connectivity index (χ1n) is 12.0. The van der Waals surface area contributed by atoms with Crippen molar-refractivity contribution in [2.75, 3.05) is 13.2 Å². The fourth-order valence-corrected chi connectivity index (χ4v) is 3.82. The third kappa shape index (κ3) is 7.70. The number of unbranched alkanes of at least 4 members (excludes halogenated alkanes) is 1. The highest BCUT2D eigenvalue weighted by Gasteiger charge is 2.17. The number of carbonyl (C=O) groups is 3. The molecule has 1 unspecified atom stereocenters. The molecule has 0 aliphatic carbocycles. The molecule has 0 aromatic heterocycles. The molecule has 0 saturated carbocycles. The van der Waals surface area contributed by atoms with Gasteiger partial charge in [-0.25, -0.2) is 4.79 Å². The number of aromatic carboxylic acids is 1. The van der Waals surface area contributed by atoms with Gasteiger partial charge in [-0.2, -0.15) is 0 Å². The number of nitrogens with one attached hydrogen (secondary N) is 1. The number of hydrogen-bond acceptors (Lipinski definition) is 4. The van der Waals surface area contributed by atoms with E-state index in [0.717, 1.165) is 29.5 Å². The first kappa shape index (κ1) is 26.5. The van der Waals surface area contributed by atoms with Crippen molar-refractivity contribution in [2.24, 2.45) is 5.92 Å². The van der Waals surface area contributed by atoms with Crippen LogP contribution < -0.4 is 10.1 Å². The number of aliphatic carboxylic acids is 1. The van der Waals surface area contributed by atoms with Crippen molar-refractivity contribution in [3.05, 3.63) is 89.5 Å². The fourth-order valence-electron chi connectivity index (χ4n) is 3.82. The largest absolute Gasteiger partial charge is 0.492 e. The molecule has 3 rings (SSSR count). The molecule has 3 aromatic carbocycles. The minimum Gasteiger partial charge on any atom is -0.492 e. The van der Waals surface area contributed by atoms with Gasteiger partial charge in [0.2, 0.25) is 0 Å². The van der Waals surface area contributed by atoms with Crippen molar-refractivity contribution < 1.29 is 29.3 Å². The third-order valence-corrected chi connectivity index (χ3v) is 5.93. The van der Waals surface area contributed by atoms with Crippen LogP contribution in [0.5, 0.6) is 5.75 Å². The summed E-state index contributed by atoms with van der Waals surface area (Å²) in [4.78, 5) is 34.8. The molecular formula is C29H31NO6. The van der Waals surface area contributed by atoms with Crippen LogP contribution in [0.4, 0.5) is 0 Å². The van der Waals surface area contributed by atoms with Gasteiger partial charge in [-0.15, -0.1) is 0 Å². The molecule has 0 heterocycles. The van der Waals surface area contributed by atoms with Gasteiger partial charge in [0.25, 0.3) is 5.91 Å². The lowest BCUT2D eigenvalue weighted by Crippen LogP contribution is -2.28. The number of rotatable bonds is 13. The van der Waals surface area contributed by atoms with Gasteiger partial charge in [-0.05, 0) is 65.9 Å². The van der Waals surface area contributed by atoms with Gasteiger partial charge >= 0.3 is 11.9 Å². The van der Waals surface area contributed by atoms with Crippen LogP contribution in [0.3, 0.4) is 0 Å². The zero-order valence-electron chi connectivity index (χ0n) is 20.3. The topological polar surface area (TPSA) is 113 Å². The maximum atomic E-state index is 12.4. The first-order chi connectivity index (χ1) is 17.4. The highest BCUT2D eigenvalue weighted by Crippen LogP contribution is 2.21. The SMILES string of the molecule is CCCCC(Cc1ccc(OCCNC(=O)c2ccc(-c3ccc(C(=O)O)cc3)cc2)cc1)C(=O)O. The van der Waals surface area contributed by atoms with Gasteiger partial charge in [0, 0.05) is 5.56 Å². The van der Waals surface area contributed by atoms with Crippen molar-refractivity contribution in [1.29, 1.82) is 0 Å². The lowest BCUT2D eigenvalue weighted by atomic mass is 9.94. The third-order valence-electron chi connectivity index (χ3n) is 5.93. The van der Waals surface area contributed by atoms with Crippen LogP contribution in [0.1, 0.15) is 52.5 Å². The van der Waals surface area contributed by atoms with Crippen LogP contribution in [0.25, 0.3) is 11.1 Å². The summed E-state index contributed by atoms with van der Waals surface area (Å²) in [5.41, 5.74) is 3.45. The van der Waals surface area contributed by atoms with Crippen molar-refractivity contribution in [2.45, 2.75) is 32.6 Å². The van der Waals surface area contributed by atoms with Crippen LogP contribution in [-0.2, 0) is 11.2 Å². The Morgan fingerprint density at radius 3 is 1.94 bits per heavy atom. The Hall–Kier alpha value is -4.13. The zero-order chi connectivity index (χ0) is 25.9. The van der Waals surface area contributed by atoms with Crippen LogP contribution in [0.2, 0.25) is 0 Å². The summed E-state index contributed by atoms with van der Waals surface area (Å²) >= 11 is 0. The Morgan fingerprint density at radius 2 is 1.42 bits per heavy atom. The van der Waals surface area contributed by atoms with Crippen LogP contribution in [0.15, 0.2) is 72.8 Å². The quantitative estimate of drug-likeness (QED) is 0.281. The molecule has 7 heteroatoms. The van der Waals surface area contributed by atoms with E-state index < -0.39 is 11.9 Å². The van der Waals surface area contributed by atoms with Gasteiger partial charge in [0.1, 0.15) is 12.4 Å². The predicted octanol–water partition coefficient (Wildman–Crippen LogP) is 5.29. The van der Waals surface area contributed by atoms with Gasteiger partial charge < -0.3 is 20.3 Å². The van der Waals surface area contributed by atoms with E-state index >= 15 is 0 Å². The summed E-state index contributed by atoms with van der Waals surface area (Å²) in [5, 5.41) is 21.2. The monoisotopic (exact) mass is 489 g/mol. The number of ether oxygens (including phenoxy) is 1. The highest BCUT2D eigenvalue weighted by molar-refractivity contribution is 5.94. The number of hydrogen-bond donors (Lipinski definition) is 3. The van der Waals surface area contributed by atoms with Crippen molar-refractivity contribution in [3.63, 3.8) is 0 Å². The van der Waals surface area contributed by atoms with Crippen molar-refractivity contribution in [3.8, 4) is 16.9 Å². The van der Waals surface area contributed by atoms with E-state index in [4.69, 9.17) is 9.84 Å². The van der Waals surface area contributed by atoms with E-state index in [1.165, 1.54) is 0 Å². The molecule has 36 heavy (non-hydrogen) atoms. The second kappa shape index (κ2) is 13.1. The van der Waals surface area contributed by atoms with Gasteiger partial charge in [-0.1, -0.05) is 56.2 Å². The van der Waals surface area contributed by atoms with Crippen molar-refractivity contribution in [1.82, 2.24) is 5.32 Å². The summed E-state index contributed by atoms with van der Waals surface area (Å²) in [6, 6.07) is 21.0. The Labute approximate surface area is 210 Å². The van der Waals surface area contributed by atoms with E-state index in [2.05, 4.69) is 12.2 Å². The molecule has 1 amide bonds. The number of amides is 1. The Kier molecular flexibility index (Phi) is 9.63. The molecule has 0 aliphatic rings. The standard InChI is InChI=1S/C29H31NO6/c1-2-3-4-25(29(34)35)19-20-5-15-26(16-6-20)36-18-17-30-27(31)23-11-7-21(8-12-23)22-9-13-24(14-10-22)28(32)33/h5-16,25H,2-4,17-19H2,1H3,(H,30,31)(H,32,33)(H,34,35). The Bertz CT molecular complexity index is 1150. The van der Waals surface area contributed by atoms with Crippen LogP contribution >= 0.6 is 0 Å². The normalized spacial score (nSPS) is 11.5. The molecule has 0 fully saturated rings. The molecule has 1 atom stereocenters. The molecule has 0 radical (unpaired) electrons. The molecule has 0 spiro atoms. The smallest absolute Gasteiger partial charge is 0.335 e. The lowest BCUT2D eigenvalue weighted by Gasteiger charge is -2.13. The molecule has 0 aliphatic heterocycles. The Morgan fingerprint density at radius 1 is 0.833 bits per heavy atom. The van der Waals surface area contributed by atoms with E-state index in [0.29, 0.717) is 37.3 Å². The number of carbonyl (C=O) groups excluding carboxylic acids is 1. The second-order valence-corrected chi connectivity index (χ2v) is 8.59. The van der Waals surface area contributed by atoms with Crippen LogP contribution in [-0.4, -0.2) is 41.2 Å². The first-order valence-corrected chi connectivity index (χ1v) is 12.0. The minimum absolute atomic E-state index is 0.214. The molecule has 7 nitrogen and oxygen atoms in total. The number of carboxylic acid groups (broad SMARTS) is 2. The van der Waals surface area contributed by atoms with Crippen molar-refractivity contribution >= 4 is 17.8 Å². The average molecular weight is 490 g/mol. The highest BCUT2D eigenvalue weighted by atomic mass is 16.5. The summed E-state index contributed by atoms with van der Waals surface area (Å²) < 4.78 is 5.70. The summed E-state index contributed by atoms with van der Waals surface area (Å²) in [7, 11) is 0. The maximum Gasteiger partial charge on any atom is 0.335 e. The number of carboxylic acids is 2. The van der Waals surface area contributed by atoms with Gasteiger partial charge in [-0.3, -0.25) is 9.59 Å². The van der Waals surface area contributed by atoms with Gasteiger partial charge in [0.05, 0.1) is 18.0 Å². The van der Waals surface area contributed by atoms with E-state index in [-0.39, 0.29) is 17.4 Å². The predicted molar refractivity (Wildman–Crippen MR) is 137 cm³/mol. The van der Waals surface area contributed by atoms with E-state index in [1.807, 2.05) is 36.4 Å². The summed E-state index contributed by atoms with van der Waals surface area (Å²) in [6.45, 7) is 2.68. The van der Waals surface area contributed by atoms with E-state index in [9.17, 15) is 19.5 Å². The number of benzene rings is 3. The summed E-state index contributed by atoms with van der Waals surface area (Å²) in [6.07, 6.45) is 3.05. The van der Waals surface area contributed by atoms with E-state index in [1.54, 1.807) is 36.4 Å². The molecule has 3 aromatic rings. The molecule has 0 bridgehead atoms. The zero-order valence-corrected chi connectivity index (χ0v) is 20.3. The fraction of sp³-hybridized carbons (Fsp3) is 0.276. The lowest BCUT2D eigenvalue weighted by molar-refractivity contribution is -0.142.